The summed E-state index contributed by atoms with van der Waals surface area (Å²) < 4.78 is 5.24. The molecule has 2 N–H and O–H groups in total. The number of ether oxygens (including phenoxy) is 1. The largest absolute Gasteiger partial charge is 0.459 e. The number of esters is 1. The molecule has 0 unspecified atom stereocenters. The summed E-state index contributed by atoms with van der Waals surface area (Å²) in [4.78, 5) is 31.5. The zero-order valence-corrected chi connectivity index (χ0v) is 19.7. The van der Waals surface area contributed by atoms with E-state index in [0.29, 0.717) is 11.1 Å². The molecule has 4 rings (SSSR count). The minimum atomic E-state index is -0.555. The number of rotatable bonds is 7. The third-order valence-corrected chi connectivity index (χ3v) is 5.19. The molecule has 0 fully saturated rings. The lowest BCUT2D eigenvalue weighted by Crippen LogP contribution is -2.16. The number of hydrogen-bond donors (Lipinski definition) is 2. The van der Waals surface area contributed by atoms with Gasteiger partial charge in [0.2, 0.25) is 5.95 Å². The molecule has 178 valence electrons. The second kappa shape index (κ2) is 10.9. The molecule has 1 heterocycles. The molecule has 1 aromatic heterocycles. The Morgan fingerprint density at radius 2 is 1.72 bits per heavy atom. The molecule has 0 bridgehead atoms. The maximum Gasteiger partial charge on any atom is 0.338 e. The molecule has 0 aliphatic rings. The number of carbonyl (C=O) groups excluding carboxylic acids is 1. The van der Waals surface area contributed by atoms with Gasteiger partial charge in [0.05, 0.1) is 23.6 Å². The summed E-state index contributed by atoms with van der Waals surface area (Å²) in [6.45, 7) is 3.61. The number of carbonyl (C=O) groups is 1. The number of benzene rings is 3. The molecule has 36 heavy (non-hydrogen) atoms. The van der Waals surface area contributed by atoms with E-state index in [4.69, 9.17) is 4.74 Å². The normalized spacial score (nSPS) is 10.8. The summed E-state index contributed by atoms with van der Waals surface area (Å²) in [7, 11) is 0. The van der Waals surface area contributed by atoms with E-state index in [0.717, 1.165) is 16.7 Å². The second-order valence-corrected chi connectivity index (χ2v) is 8.10. The van der Waals surface area contributed by atoms with E-state index in [9.17, 15) is 14.9 Å². The van der Waals surface area contributed by atoms with Gasteiger partial charge in [-0.05, 0) is 37.1 Å². The minimum absolute atomic E-state index is 0.0678. The van der Waals surface area contributed by atoms with E-state index in [1.54, 1.807) is 56.5 Å². The molecule has 8 nitrogen and oxygen atoms in total. The summed E-state index contributed by atoms with van der Waals surface area (Å²) in [5.41, 5.74) is 6.13. The van der Waals surface area contributed by atoms with Gasteiger partial charge in [0, 0.05) is 11.1 Å². The average Bonchev–Trinajstić information content (AvgIpc) is 2.89. The summed E-state index contributed by atoms with van der Waals surface area (Å²) in [6.07, 6.45) is 1.42. The third kappa shape index (κ3) is 5.54. The van der Waals surface area contributed by atoms with Crippen molar-refractivity contribution in [3.05, 3.63) is 106 Å². The maximum absolute atomic E-state index is 12.4. The highest BCUT2D eigenvalue weighted by Gasteiger charge is 2.13. The zero-order chi connectivity index (χ0) is 25.5. The first-order valence-electron chi connectivity index (χ1n) is 11.3. The van der Waals surface area contributed by atoms with Crippen LogP contribution < -0.4 is 11.0 Å². The highest BCUT2D eigenvalue weighted by Crippen LogP contribution is 2.24. The Balaban J connectivity index is 1.57. The SMILES string of the molecule is CC(C)OC(=O)c1ccc(-c2ccccc2C=NNc2nc(-c3ccccc3)c(C#N)c(=O)[nH]2)cc1. The Bertz CT molecular complexity index is 1500. The van der Waals surface area contributed by atoms with Gasteiger partial charge in [-0.15, -0.1) is 0 Å². The molecule has 0 saturated heterocycles. The molecule has 0 atom stereocenters. The summed E-state index contributed by atoms with van der Waals surface area (Å²) in [5.74, 6) is -0.256. The van der Waals surface area contributed by atoms with Gasteiger partial charge in [0.25, 0.3) is 5.56 Å². The number of aromatic nitrogens is 2. The molecular weight excluding hydrogens is 454 g/mol. The average molecular weight is 478 g/mol. The van der Waals surface area contributed by atoms with Crippen molar-refractivity contribution in [2.75, 3.05) is 5.43 Å². The zero-order valence-electron chi connectivity index (χ0n) is 19.7. The third-order valence-electron chi connectivity index (χ3n) is 5.19. The van der Waals surface area contributed by atoms with Crippen LogP contribution in [0, 0.1) is 11.3 Å². The lowest BCUT2D eigenvalue weighted by molar-refractivity contribution is 0.0378. The molecule has 0 aliphatic carbocycles. The first-order chi connectivity index (χ1) is 17.5. The summed E-state index contributed by atoms with van der Waals surface area (Å²) >= 11 is 0. The Kier molecular flexibility index (Phi) is 7.32. The Morgan fingerprint density at radius 3 is 2.42 bits per heavy atom. The van der Waals surface area contributed by atoms with Crippen molar-refractivity contribution in [3.8, 4) is 28.5 Å². The van der Waals surface area contributed by atoms with Crippen LogP contribution in [0.15, 0.2) is 88.8 Å². The van der Waals surface area contributed by atoms with Crippen LogP contribution >= 0.6 is 0 Å². The van der Waals surface area contributed by atoms with Crippen LogP contribution in [-0.2, 0) is 4.74 Å². The fourth-order valence-corrected chi connectivity index (χ4v) is 3.54. The standard InChI is InChI=1S/C28H23N5O3/c1-18(2)36-27(35)21-14-12-19(13-15-21)23-11-7-6-10-22(23)17-30-33-28-31-25(20-8-4-3-5-9-20)24(16-29)26(34)32-28/h3-15,17-18H,1-2H3,(H2,31,32,33,34). The number of nitriles is 1. The number of anilines is 1. The molecule has 4 aromatic rings. The van der Waals surface area contributed by atoms with E-state index in [1.165, 1.54) is 0 Å². The minimum Gasteiger partial charge on any atom is -0.459 e. The van der Waals surface area contributed by atoms with Crippen LogP contribution in [0.5, 0.6) is 0 Å². The Hall–Kier alpha value is -5.03. The van der Waals surface area contributed by atoms with E-state index in [1.807, 2.05) is 48.5 Å². The van der Waals surface area contributed by atoms with Crippen molar-refractivity contribution in [1.29, 1.82) is 5.26 Å². The molecule has 3 aromatic carbocycles. The van der Waals surface area contributed by atoms with Crippen molar-refractivity contribution in [2.24, 2.45) is 5.10 Å². The molecular formula is C28H23N5O3. The van der Waals surface area contributed by atoms with Crippen molar-refractivity contribution in [3.63, 3.8) is 0 Å². The Labute approximate surface area is 207 Å². The van der Waals surface area contributed by atoms with E-state index in [2.05, 4.69) is 20.5 Å². The van der Waals surface area contributed by atoms with Gasteiger partial charge in [-0.2, -0.15) is 10.4 Å². The van der Waals surface area contributed by atoms with E-state index in [-0.39, 0.29) is 29.3 Å². The number of nitrogens with zero attached hydrogens (tertiary/aromatic N) is 3. The molecule has 0 saturated carbocycles. The van der Waals surface area contributed by atoms with Crippen LogP contribution in [0.2, 0.25) is 0 Å². The molecule has 0 radical (unpaired) electrons. The summed E-state index contributed by atoms with van der Waals surface area (Å²) in [5, 5.41) is 13.7. The number of nitrogens with one attached hydrogen (secondary N) is 2. The van der Waals surface area contributed by atoms with Crippen molar-refractivity contribution >= 4 is 18.1 Å². The van der Waals surface area contributed by atoms with Crippen LogP contribution in [0.25, 0.3) is 22.4 Å². The lowest BCUT2D eigenvalue weighted by Gasteiger charge is -2.10. The fourth-order valence-electron chi connectivity index (χ4n) is 3.54. The number of H-pyrrole nitrogens is 1. The van der Waals surface area contributed by atoms with Gasteiger partial charge in [-0.3, -0.25) is 9.78 Å². The molecule has 0 aliphatic heterocycles. The highest BCUT2D eigenvalue weighted by atomic mass is 16.5. The Morgan fingerprint density at radius 1 is 1.03 bits per heavy atom. The molecule has 8 heteroatoms. The molecule has 0 amide bonds. The van der Waals surface area contributed by atoms with Crippen LogP contribution in [0.3, 0.4) is 0 Å². The van der Waals surface area contributed by atoms with Gasteiger partial charge in [0.1, 0.15) is 11.6 Å². The van der Waals surface area contributed by atoms with E-state index < -0.39 is 5.56 Å². The van der Waals surface area contributed by atoms with Crippen molar-refractivity contribution < 1.29 is 9.53 Å². The lowest BCUT2D eigenvalue weighted by atomic mass is 9.99. The van der Waals surface area contributed by atoms with Crippen molar-refractivity contribution in [1.82, 2.24) is 9.97 Å². The number of hydrazone groups is 1. The summed E-state index contributed by atoms with van der Waals surface area (Å²) in [6, 6.07) is 25.7. The predicted molar refractivity (Wildman–Crippen MR) is 139 cm³/mol. The van der Waals surface area contributed by atoms with Gasteiger partial charge in [-0.1, -0.05) is 66.7 Å². The quantitative estimate of drug-likeness (QED) is 0.220. The maximum atomic E-state index is 12.4. The highest BCUT2D eigenvalue weighted by molar-refractivity contribution is 5.93. The predicted octanol–water partition coefficient (Wildman–Crippen LogP) is 4.99. The van der Waals surface area contributed by atoms with Crippen molar-refractivity contribution in [2.45, 2.75) is 20.0 Å². The topological polar surface area (TPSA) is 120 Å². The first-order valence-corrected chi connectivity index (χ1v) is 11.3. The van der Waals surface area contributed by atoms with Gasteiger partial charge >= 0.3 is 5.97 Å². The smallest absolute Gasteiger partial charge is 0.338 e. The van der Waals surface area contributed by atoms with Gasteiger partial charge < -0.3 is 4.74 Å². The van der Waals surface area contributed by atoms with Crippen LogP contribution in [-0.4, -0.2) is 28.3 Å². The number of aromatic amines is 1. The van der Waals surface area contributed by atoms with Crippen LogP contribution in [0.1, 0.15) is 35.3 Å². The fraction of sp³-hybridized carbons (Fsp3) is 0.107. The van der Waals surface area contributed by atoms with Crippen LogP contribution in [0.4, 0.5) is 5.95 Å². The van der Waals surface area contributed by atoms with E-state index >= 15 is 0 Å². The molecule has 0 spiro atoms. The second-order valence-electron chi connectivity index (χ2n) is 8.10. The van der Waals surface area contributed by atoms with Gasteiger partial charge in [-0.25, -0.2) is 15.2 Å². The monoisotopic (exact) mass is 477 g/mol. The van der Waals surface area contributed by atoms with Gasteiger partial charge in [0.15, 0.2) is 0 Å². The first kappa shape index (κ1) is 24.1. The number of hydrogen-bond acceptors (Lipinski definition) is 7.